The van der Waals surface area contributed by atoms with E-state index in [1.165, 1.54) is 11.1 Å². The number of hydrogen-bond acceptors (Lipinski definition) is 3. The Kier molecular flexibility index (Phi) is 5.20. The third-order valence-electron chi connectivity index (χ3n) is 8.46. The molecule has 43 heavy (non-hydrogen) atoms. The number of fused-ring (bicyclic) bond motifs is 4. The van der Waals surface area contributed by atoms with Crippen LogP contribution in [0.1, 0.15) is 0 Å². The van der Waals surface area contributed by atoms with Gasteiger partial charge in [-0.25, -0.2) is 0 Å². The summed E-state index contributed by atoms with van der Waals surface area (Å²) >= 11 is 0. The SMILES string of the molecule is c1ccc(-c2ccccc2N(c2ccccc2)c2ccc3c(c2)Oc2ccc4c5c(ccc-3c25)Oc2ccccc2-4)cc1. The van der Waals surface area contributed by atoms with E-state index < -0.39 is 0 Å². The van der Waals surface area contributed by atoms with Crippen LogP contribution in [-0.4, -0.2) is 0 Å². The van der Waals surface area contributed by atoms with Crippen molar-refractivity contribution < 1.29 is 9.47 Å². The van der Waals surface area contributed by atoms with Crippen LogP contribution >= 0.6 is 0 Å². The van der Waals surface area contributed by atoms with Crippen LogP contribution < -0.4 is 14.4 Å². The molecule has 0 aromatic heterocycles. The molecule has 0 fully saturated rings. The predicted octanol–water partition coefficient (Wildman–Crippen LogP) is 11.5. The maximum Gasteiger partial charge on any atom is 0.137 e. The number of benzene rings is 7. The molecule has 0 radical (unpaired) electrons. The van der Waals surface area contributed by atoms with Crippen LogP contribution in [0.5, 0.6) is 23.0 Å². The lowest BCUT2D eigenvalue weighted by Gasteiger charge is -2.30. The average Bonchev–Trinajstić information content (AvgIpc) is 3.08. The van der Waals surface area contributed by atoms with Gasteiger partial charge in [-0.15, -0.1) is 0 Å². The van der Waals surface area contributed by atoms with E-state index in [4.69, 9.17) is 9.47 Å². The minimum Gasteiger partial charge on any atom is -0.456 e. The van der Waals surface area contributed by atoms with Crippen molar-refractivity contribution in [1.82, 2.24) is 0 Å². The highest BCUT2D eigenvalue weighted by atomic mass is 16.5. The molecule has 0 spiro atoms. The second kappa shape index (κ2) is 9.37. The third-order valence-corrected chi connectivity index (χ3v) is 8.46. The minimum atomic E-state index is 0.836. The highest BCUT2D eigenvalue weighted by Gasteiger charge is 2.28. The first kappa shape index (κ1) is 23.9. The van der Waals surface area contributed by atoms with E-state index >= 15 is 0 Å². The summed E-state index contributed by atoms with van der Waals surface area (Å²) in [6, 6.07) is 52.9. The molecule has 0 saturated carbocycles. The Morgan fingerprint density at radius 1 is 0.349 bits per heavy atom. The Labute approximate surface area is 249 Å². The molecular weight excluding hydrogens is 526 g/mol. The molecule has 2 heterocycles. The first-order valence-corrected chi connectivity index (χ1v) is 14.5. The fourth-order valence-electron chi connectivity index (χ4n) is 6.56. The predicted molar refractivity (Wildman–Crippen MR) is 175 cm³/mol. The zero-order valence-corrected chi connectivity index (χ0v) is 23.2. The van der Waals surface area contributed by atoms with E-state index in [1.54, 1.807) is 0 Å². The van der Waals surface area contributed by atoms with Gasteiger partial charge in [-0.1, -0.05) is 84.9 Å². The summed E-state index contributed by atoms with van der Waals surface area (Å²) < 4.78 is 13.1. The topological polar surface area (TPSA) is 21.7 Å². The Balaban J connectivity index is 1.22. The van der Waals surface area contributed by atoms with Gasteiger partial charge in [0.1, 0.15) is 23.0 Å². The van der Waals surface area contributed by atoms with E-state index in [-0.39, 0.29) is 0 Å². The van der Waals surface area contributed by atoms with Crippen molar-refractivity contribution in [1.29, 1.82) is 0 Å². The Hall–Kier alpha value is -5.80. The van der Waals surface area contributed by atoms with Gasteiger partial charge >= 0.3 is 0 Å². The van der Waals surface area contributed by atoms with Crippen LogP contribution in [-0.2, 0) is 0 Å². The zero-order chi connectivity index (χ0) is 28.3. The molecule has 2 aliphatic rings. The first-order valence-electron chi connectivity index (χ1n) is 14.5. The van der Waals surface area contributed by atoms with Crippen LogP contribution in [0.15, 0.2) is 152 Å². The Morgan fingerprint density at radius 3 is 1.65 bits per heavy atom. The highest BCUT2D eigenvalue weighted by Crippen LogP contribution is 2.55. The monoisotopic (exact) mass is 551 g/mol. The highest BCUT2D eigenvalue weighted by molar-refractivity contribution is 6.14. The fraction of sp³-hybridized carbons (Fsp3) is 0. The Morgan fingerprint density at radius 2 is 0.907 bits per heavy atom. The summed E-state index contributed by atoms with van der Waals surface area (Å²) in [5.41, 5.74) is 10.1. The zero-order valence-electron chi connectivity index (χ0n) is 23.2. The first-order chi connectivity index (χ1) is 21.3. The number of rotatable bonds is 4. The molecule has 3 heteroatoms. The summed E-state index contributed by atoms with van der Waals surface area (Å²) in [5, 5.41) is 2.20. The van der Waals surface area contributed by atoms with Crippen molar-refractivity contribution in [2.75, 3.05) is 4.90 Å². The van der Waals surface area contributed by atoms with Crippen molar-refractivity contribution in [2.45, 2.75) is 0 Å². The van der Waals surface area contributed by atoms with Crippen molar-refractivity contribution in [3.63, 3.8) is 0 Å². The molecule has 202 valence electrons. The molecule has 9 rings (SSSR count). The summed E-state index contributed by atoms with van der Waals surface area (Å²) in [6.45, 7) is 0. The van der Waals surface area contributed by atoms with E-state index in [0.29, 0.717) is 0 Å². The molecule has 0 N–H and O–H groups in total. The summed E-state index contributed by atoms with van der Waals surface area (Å²) in [4.78, 5) is 2.31. The van der Waals surface area contributed by atoms with Gasteiger partial charge in [-0.3, -0.25) is 0 Å². The van der Waals surface area contributed by atoms with Gasteiger partial charge in [0.25, 0.3) is 0 Å². The van der Waals surface area contributed by atoms with Gasteiger partial charge in [0.05, 0.1) is 5.69 Å². The summed E-state index contributed by atoms with van der Waals surface area (Å²) in [6.07, 6.45) is 0. The van der Waals surface area contributed by atoms with Crippen LogP contribution in [0.4, 0.5) is 17.1 Å². The summed E-state index contributed by atoms with van der Waals surface area (Å²) in [5.74, 6) is 3.44. The molecule has 0 bridgehead atoms. The molecule has 0 aliphatic carbocycles. The normalized spacial score (nSPS) is 12.1. The van der Waals surface area contributed by atoms with Gasteiger partial charge in [0, 0.05) is 44.9 Å². The van der Waals surface area contributed by atoms with Crippen LogP contribution in [0.25, 0.3) is 44.2 Å². The molecule has 7 aromatic rings. The van der Waals surface area contributed by atoms with Crippen LogP contribution in [0.2, 0.25) is 0 Å². The van der Waals surface area contributed by atoms with Gasteiger partial charge < -0.3 is 14.4 Å². The largest absolute Gasteiger partial charge is 0.456 e. The molecule has 2 aliphatic heterocycles. The second-order valence-corrected chi connectivity index (χ2v) is 10.9. The lowest BCUT2D eigenvalue weighted by molar-refractivity contribution is 0.480. The maximum absolute atomic E-state index is 6.71. The van der Waals surface area contributed by atoms with E-state index in [2.05, 4.69) is 144 Å². The molecule has 3 nitrogen and oxygen atoms in total. The quantitative estimate of drug-likeness (QED) is 0.217. The Bertz CT molecular complexity index is 2190. The molecule has 0 saturated heterocycles. The standard InChI is InChI=1S/C40H25NO2/c1-3-11-26(12-4-1)29-15-7-9-17-34(29)41(27-13-5-2-6-14-27)28-19-20-31-33-22-23-36-39-32(30-16-8-10-18-35(30)42-36)21-24-37(40(33)39)43-38(31)25-28/h1-25H. The smallest absolute Gasteiger partial charge is 0.137 e. The second-order valence-electron chi connectivity index (χ2n) is 10.9. The fourth-order valence-corrected chi connectivity index (χ4v) is 6.56. The number of nitrogens with zero attached hydrogens (tertiary/aromatic N) is 1. The molecular formula is C40H25NO2. The molecule has 0 amide bonds. The number of hydrogen-bond donors (Lipinski definition) is 0. The summed E-state index contributed by atoms with van der Waals surface area (Å²) in [7, 11) is 0. The van der Waals surface area contributed by atoms with E-state index in [0.717, 1.165) is 73.1 Å². The van der Waals surface area contributed by atoms with E-state index in [9.17, 15) is 0 Å². The molecule has 0 unspecified atom stereocenters. The van der Waals surface area contributed by atoms with Crippen LogP contribution in [0.3, 0.4) is 0 Å². The molecule has 7 aromatic carbocycles. The van der Waals surface area contributed by atoms with Gasteiger partial charge in [-0.2, -0.15) is 0 Å². The van der Waals surface area contributed by atoms with Gasteiger partial charge in [0.15, 0.2) is 0 Å². The third kappa shape index (κ3) is 3.68. The van der Waals surface area contributed by atoms with Crippen molar-refractivity contribution in [3.8, 4) is 56.4 Å². The number of ether oxygens (including phenoxy) is 2. The van der Waals surface area contributed by atoms with Gasteiger partial charge in [0.2, 0.25) is 0 Å². The van der Waals surface area contributed by atoms with Crippen molar-refractivity contribution in [3.05, 3.63) is 152 Å². The van der Waals surface area contributed by atoms with Crippen molar-refractivity contribution in [2.24, 2.45) is 0 Å². The van der Waals surface area contributed by atoms with Gasteiger partial charge in [-0.05, 0) is 77.4 Å². The lowest BCUT2D eigenvalue weighted by atomic mass is 9.88. The minimum absolute atomic E-state index is 0.836. The lowest BCUT2D eigenvalue weighted by Crippen LogP contribution is -2.11. The van der Waals surface area contributed by atoms with Crippen LogP contribution in [0, 0.1) is 0 Å². The average molecular weight is 552 g/mol. The maximum atomic E-state index is 6.71. The molecule has 0 atom stereocenters. The van der Waals surface area contributed by atoms with E-state index in [1.807, 2.05) is 12.1 Å². The number of para-hydroxylation sites is 3. The number of anilines is 3. The van der Waals surface area contributed by atoms with Crippen molar-refractivity contribution >= 4 is 27.8 Å².